The zero-order valence-electron chi connectivity index (χ0n) is 40.3. The van der Waals surface area contributed by atoms with Crippen LogP contribution in [0.4, 0.5) is 0 Å². The molecule has 0 atom stereocenters. The van der Waals surface area contributed by atoms with Crippen LogP contribution >= 0.6 is 15.9 Å². The number of phenolic OH excluding ortho intramolecular Hbond substituents is 2. The summed E-state index contributed by atoms with van der Waals surface area (Å²) >= 11 is 3.13. The van der Waals surface area contributed by atoms with Crippen LogP contribution < -0.4 is 118 Å². The summed E-state index contributed by atoms with van der Waals surface area (Å²) in [5.74, 6) is 2.17. The average molecular weight is 1040 g/mol. The molecule has 0 bridgehead atoms. The molecule has 8 aromatic carbocycles. The number of carbonyl (C=O) groups is 1. The molecule has 10 rings (SSSR count). The van der Waals surface area contributed by atoms with E-state index in [2.05, 4.69) is 162 Å². The van der Waals surface area contributed by atoms with Gasteiger partial charge in [0.15, 0.2) is 0 Å². The molecule has 0 heterocycles. The molecule has 70 heavy (non-hydrogen) atoms. The van der Waals surface area contributed by atoms with Gasteiger partial charge in [-0.25, -0.2) is 0 Å². The number of halogens is 1. The Labute approximate surface area is 505 Å². The second-order valence-electron chi connectivity index (χ2n) is 15.7. The largest absolute Gasteiger partial charge is 1.00 e. The van der Waals surface area contributed by atoms with Crippen molar-refractivity contribution in [3.63, 3.8) is 0 Å². The third-order valence-corrected chi connectivity index (χ3v) is 12.4. The molecule has 342 valence electrons. The molecule has 0 aromatic heterocycles. The van der Waals surface area contributed by atoms with Gasteiger partial charge in [-0.05, 0) is 115 Å². The van der Waals surface area contributed by atoms with Crippen molar-refractivity contribution in [2.45, 2.75) is 10.8 Å². The van der Waals surface area contributed by atoms with Crippen molar-refractivity contribution in [1.29, 1.82) is 0 Å². The predicted molar refractivity (Wildman–Crippen MR) is 274 cm³/mol. The molecule has 0 amide bonds. The third kappa shape index (κ3) is 11.7. The molecule has 2 aliphatic carbocycles. The van der Waals surface area contributed by atoms with Gasteiger partial charge in [-0.15, -0.1) is 6.58 Å². The minimum absolute atomic E-state index is 0. The van der Waals surface area contributed by atoms with Crippen molar-refractivity contribution in [1.82, 2.24) is 0 Å². The van der Waals surface area contributed by atoms with Gasteiger partial charge in [0.1, 0.15) is 36.2 Å². The maximum absolute atomic E-state index is 9.85. The quantitative estimate of drug-likeness (QED) is 0.0348. The summed E-state index contributed by atoms with van der Waals surface area (Å²) in [6.45, 7) is 11.7. The van der Waals surface area contributed by atoms with Crippen molar-refractivity contribution >= 4 is 22.4 Å². The molecule has 0 spiro atoms. The summed E-state index contributed by atoms with van der Waals surface area (Å²) in [5.41, 5.74) is 13.6. The van der Waals surface area contributed by atoms with Crippen LogP contribution in [-0.2, 0) is 20.5 Å². The van der Waals surface area contributed by atoms with E-state index in [9.17, 15) is 10.2 Å². The Morgan fingerprint density at radius 1 is 0.457 bits per heavy atom. The average Bonchev–Trinajstić information content (AvgIpc) is 3.87. The minimum Gasteiger partial charge on any atom is -1.00 e. The van der Waals surface area contributed by atoms with Gasteiger partial charge in [0.25, 0.3) is 6.47 Å². The molecular weight excluding hydrogens is 991 g/mol. The van der Waals surface area contributed by atoms with Crippen LogP contribution in [0.1, 0.15) is 45.9 Å². The Hall–Kier alpha value is -4.64. The number of fused-ring (bicyclic) bond motifs is 6. The van der Waals surface area contributed by atoms with E-state index in [0.717, 1.165) is 28.0 Å². The fraction of sp³-hybridized carbons (Fsp3) is 0.0833. The van der Waals surface area contributed by atoms with E-state index in [4.69, 9.17) is 19.5 Å². The van der Waals surface area contributed by atoms with Crippen molar-refractivity contribution in [2.24, 2.45) is 0 Å². The molecule has 0 fully saturated rings. The van der Waals surface area contributed by atoms with Crippen LogP contribution in [0, 0.1) is 0 Å². The van der Waals surface area contributed by atoms with Crippen LogP contribution in [0.5, 0.6) is 23.0 Å². The molecule has 0 saturated heterocycles. The summed E-state index contributed by atoms with van der Waals surface area (Å²) in [6.07, 6.45) is 5.31. The second kappa shape index (κ2) is 27.3. The number of benzene rings is 8. The summed E-state index contributed by atoms with van der Waals surface area (Å²) in [5, 5.41) is 29.0. The monoisotopic (exact) mass is 1040 g/mol. The molecular formula is C60H51BrK2O7. The smallest absolute Gasteiger partial charge is 1.00 e. The first-order valence-corrected chi connectivity index (χ1v) is 23.0. The van der Waals surface area contributed by atoms with Crippen molar-refractivity contribution in [2.75, 3.05) is 18.5 Å². The van der Waals surface area contributed by atoms with E-state index in [-0.39, 0.29) is 122 Å². The van der Waals surface area contributed by atoms with Gasteiger partial charge in [0.05, 0.1) is 10.8 Å². The first-order valence-electron chi connectivity index (χ1n) is 21.9. The van der Waals surface area contributed by atoms with Crippen LogP contribution in [-0.4, -0.2) is 35.2 Å². The first-order chi connectivity index (χ1) is 33.3. The fourth-order valence-corrected chi connectivity index (χ4v) is 9.38. The Kier molecular flexibility index (Phi) is 21.9. The molecule has 7 nitrogen and oxygen atoms in total. The number of aromatic hydroxyl groups is 2. The van der Waals surface area contributed by atoms with Crippen molar-refractivity contribution in [3.8, 4) is 45.3 Å². The molecule has 0 saturated carbocycles. The van der Waals surface area contributed by atoms with E-state index < -0.39 is 10.8 Å². The topological polar surface area (TPSA) is 108 Å². The van der Waals surface area contributed by atoms with E-state index in [1.54, 1.807) is 42.5 Å². The summed E-state index contributed by atoms with van der Waals surface area (Å²) in [7, 11) is 0. The van der Waals surface area contributed by atoms with Crippen LogP contribution in [0.3, 0.4) is 0 Å². The van der Waals surface area contributed by atoms with Crippen LogP contribution in [0.2, 0.25) is 0 Å². The normalized spacial score (nSPS) is 12.1. The van der Waals surface area contributed by atoms with Gasteiger partial charge in [-0.3, -0.25) is 4.79 Å². The summed E-state index contributed by atoms with van der Waals surface area (Å²) in [6, 6.07) is 66.2. The first kappa shape index (κ1) is 56.3. The van der Waals surface area contributed by atoms with Gasteiger partial charge in [-0.2, -0.15) is 0 Å². The summed E-state index contributed by atoms with van der Waals surface area (Å²) in [4.78, 5) is 11.2. The Morgan fingerprint density at radius 2 is 0.700 bits per heavy atom. The number of alkyl halides is 1. The number of carbonyl (C=O) groups excluding carboxylic acids is 1. The zero-order valence-corrected chi connectivity index (χ0v) is 47.2. The molecule has 2 aliphatic rings. The number of allylic oxidation sites excluding steroid dienone is 1. The molecule has 0 aliphatic heterocycles. The number of hydrogen-bond donors (Lipinski definition) is 2. The van der Waals surface area contributed by atoms with Gasteiger partial charge < -0.3 is 31.3 Å². The summed E-state index contributed by atoms with van der Waals surface area (Å²) < 4.78 is 11.5. The Bertz CT molecular complexity index is 2780. The molecule has 8 aromatic rings. The SMILES string of the molecule is C=CCBr.C=CCOc1ccc(C2(c3ccc(OCC=C)cc3)c3ccccc3-c3ccccc32)cc1.O=CO[O-].Oc1ccc(C2(c3ccc(O)cc3)c3ccccc3-c3ccccc32)cc1.[H-].[K+].[K+]. The van der Waals surface area contributed by atoms with E-state index >= 15 is 0 Å². The minimum atomic E-state index is -0.491. The fourth-order valence-electron chi connectivity index (χ4n) is 9.38. The standard InChI is InChI=1S/C31H26O2.C25H18O2.C3H5Br.CH2O3.2K.H/c1-3-21-32-25-17-13-23(14-18-25)31(24-15-19-26(20-16-24)33-22-4-2)29-11-7-5-9-27(29)28-10-6-8-12-30(28)31;26-19-13-9-17(10-14-19)25(18-11-15-20(27)16-12-18)23-7-3-1-5-21(23)22-6-2-4-8-24(22)25;1-2-3-4;2-1-4-3;;;/h3-20H,1-2,21-22H2;1-16,26-27H;2H,1,3H2;1,3H;;;/q;;;;2*+1;-1/p-1. The Morgan fingerprint density at radius 3 is 0.929 bits per heavy atom. The number of hydrogen-bond acceptors (Lipinski definition) is 7. The molecule has 0 radical (unpaired) electrons. The number of phenols is 2. The molecule has 10 heteroatoms. The van der Waals surface area contributed by atoms with Crippen LogP contribution in [0.15, 0.2) is 232 Å². The predicted octanol–water partition coefficient (Wildman–Crippen LogP) is 6.76. The zero-order chi connectivity index (χ0) is 47.9. The van der Waals surface area contributed by atoms with Crippen LogP contribution in [0.25, 0.3) is 22.3 Å². The molecule has 0 unspecified atom stereocenters. The maximum atomic E-state index is 9.85. The van der Waals surface area contributed by atoms with Crippen molar-refractivity contribution < 1.29 is 139 Å². The third-order valence-electron chi connectivity index (χ3n) is 12.0. The number of rotatable bonds is 12. The van der Waals surface area contributed by atoms with E-state index in [1.165, 1.54) is 55.6 Å². The van der Waals surface area contributed by atoms with Gasteiger partial charge in [-0.1, -0.05) is 193 Å². The van der Waals surface area contributed by atoms with Gasteiger partial charge in [0, 0.05) is 5.33 Å². The van der Waals surface area contributed by atoms with Crippen molar-refractivity contribution in [3.05, 3.63) is 277 Å². The van der Waals surface area contributed by atoms with Gasteiger partial charge in [0.2, 0.25) is 0 Å². The Balaban J connectivity index is 0.000000262. The number of ether oxygens (including phenoxy) is 2. The van der Waals surface area contributed by atoms with E-state index in [1.807, 2.05) is 48.5 Å². The van der Waals surface area contributed by atoms with E-state index in [0.29, 0.717) is 13.2 Å². The molecule has 2 N–H and O–H groups in total. The second-order valence-corrected chi connectivity index (χ2v) is 16.3. The van der Waals surface area contributed by atoms with Gasteiger partial charge >= 0.3 is 103 Å². The maximum Gasteiger partial charge on any atom is 1.00 e.